The van der Waals surface area contributed by atoms with Crippen molar-refractivity contribution in [2.45, 2.75) is 13.8 Å². The number of aromatic nitrogens is 1. The molecule has 1 aliphatic heterocycles. The number of amides is 1. The van der Waals surface area contributed by atoms with Crippen LogP contribution in [0.2, 0.25) is 0 Å². The van der Waals surface area contributed by atoms with Crippen LogP contribution in [0.1, 0.15) is 40.1 Å². The average molecular weight is 516 g/mol. The summed E-state index contributed by atoms with van der Waals surface area (Å²) in [5, 5.41) is 0.624. The molecule has 0 saturated heterocycles. The lowest BCUT2D eigenvalue weighted by Crippen LogP contribution is -2.38. The fourth-order valence-corrected chi connectivity index (χ4v) is 5.31. The Morgan fingerprint density at radius 2 is 1.46 bits per heavy atom. The summed E-state index contributed by atoms with van der Waals surface area (Å²) >= 11 is 1.46. The Hall–Kier alpha value is -3.75. The number of likely N-dealkylation sites (N-methyl/N-ethyl adjacent to an activating group) is 1. The smallest absolute Gasteiger partial charge is 0.260 e. The fraction of sp³-hybridized carbons (Fsp3) is 0.276. The number of thiazole rings is 1. The van der Waals surface area contributed by atoms with Gasteiger partial charge in [-0.05, 0) is 25.2 Å². The molecule has 0 saturated carbocycles. The quantitative estimate of drug-likeness (QED) is 0.282. The average Bonchev–Trinajstić information content (AvgIpc) is 3.36. The van der Waals surface area contributed by atoms with E-state index in [1.54, 1.807) is 41.3 Å². The molecule has 1 aromatic heterocycles. The molecule has 7 nitrogen and oxygen atoms in total. The van der Waals surface area contributed by atoms with E-state index in [1.165, 1.54) is 11.3 Å². The zero-order valence-corrected chi connectivity index (χ0v) is 21.8. The van der Waals surface area contributed by atoms with Crippen LogP contribution >= 0.6 is 11.3 Å². The van der Waals surface area contributed by atoms with Crippen LogP contribution in [0.25, 0.3) is 10.2 Å². The molecule has 1 amide bonds. The van der Waals surface area contributed by atoms with Crippen LogP contribution in [0.4, 0.5) is 5.13 Å². The van der Waals surface area contributed by atoms with Gasteiger partial charge in [0.2, 0.25) is 0 Å². The molecular formula is C29H29N3O4S. The van der Waals surface area contributed by atoms with Gasteiger partial charge in [-0.3, -0.25) is 14.5 Å². The summed E-state index contributed by atoms with van der Waals surface area (Å²) in [6.45, 7) is 8.26. The highest BCUT2D eigenvalue weighted by Gasteiger charge is 2.24. The maximum atomic E-state index is 13.8. The fourth-order valence-electron chi connectivity index (χ4n) is 4.31. The van der Waals surface area contributed by atoms with Gasteiger partial charge in [-0.15, -0.1) is 0 Å². The number of rotatable bonds is 9. The Labute approximate surface area is 220 Å². The molecule has 0 aliphatic carbocycles. The van der Waals surface area contributed by atoms with Crippen molar-refractivity contribution < 1.29 is 19.1 Å². The number of fused-ring (bicyclic) bond motifs is 2. The summed E-state index contributed by atoms with van der Waals surface area (Å²) in [4.78, 5) is 35.4. The lowest BCUT2D eigenvalue weighted by atomic mass is 10.0. The van der Waals surface area contributed by atoms with Crippen molar-refractivity contribution in [1.29, 1.82) is 0 Å². The molecule has 190 valence electrons. The van der Waals surface area contributed by atoms with Crippen LogP contribution in [0.3, 0.4) is 0 Å². The number of carbonyl (C=O) groups is 2. The molecule has 4 aromatic rings. The molecule has 1 aliphatic rings. The van der Waals surface area contributed by atoms with Crippen molar-refractivity contribution in [3.8, 4) is 11.5 Å². The zero-order chi connectivity index (χ0) is 25.8. The maximum Gasteiger partial charge on any atom is 0.260 e. The molecule has 0 fully saturated rings. The first kappa shape index (κ1) is 24.9. The second-order valence-electron chi connectivity index (χ2n) is 8.72. The molecule has 0 radical (unpaired) electrons. The van der Waals surface area contributed by atoms with Gasteiger partial charge in [0.25, 0.3) is 5.91 Å². The topological polar surface area (TPSA) is 72.0 Å². The third kappa shape index (κ3) is 5.35. The zero-order valence-electron chi connectivity index (χ0n) is 21.0. The van der Waals surface area contributed by atoms with E-state index in [4.69, 9.17) is 14.5 Å². The highest BCUT2D eigenvalue weighted by Crippen LogP contribution is 2.39. The molecule has 5 rings (SSSR count). The molecule has 0 bridgehead atoms. The van der Waals surface area contributed by atoms with Crippen molar-refractivity contribution in [2.75, 3.05) is 44.3 Å². The van der Waals surface area contributed by atoms with Crippen LogP contribution in [0.15, 0.2) is 66.7 Å². The molecule has 0 N–H and O–H groups in total. The van der Waals surface area contributed by atoms with Crippen molar-refractivity contribution in [1.82, 2.24) is 9.88 Å². The standard InChI is InChI=1S/C29H29N3O4S/c1-3-31(4-2)14-15-32(29-30-23-18-24-25(19-26(23)37-29)36-17-16-35-24)28(34)22-12-10-21(11-13-22)27(33)20-8-6-5-7-9-20/h5-13,18-19H,3-4,14-17H2,1-2H3. The highest BCUT2D eigenvalue weighted by atomic mass is 32.1. The van der Waals surface area contributed by atoms with E-state index < -0.39 is 0 Å². The third-order valence-electron chi connectivity index (χ3n) is 6.48. The number of benzene rings is 3. The minimum Gasteiger partial charge on any atom is -0.486 e. The van der Waals surface area contributed by atoms with Gasteiger partial charge >= 0.3 is 0 Å². The number of ketones is 1. The van der Waals surface area contributed by atoms with E-state index in [1.807, 2.05) is 30.3 Å². The van der Waals surface area contributed by atoms with Crippen molar-refractivity contribution >= 4 is 38.4 Å². The van der Waals surface area contributed by atoms with Gasteiger partial charge in [0.15, 0.2) is 22.4 Å². The first-order valence-electron chi connectivity index (χ1n) is 12.5. The molecule has 0 spiro atoms. The van der Waals surface area contributed by atoms with Crippen LogP contribution in [0, 0.1) is 0 Å². The molecule has 37 heavy (non-hydrogen) atoms. The Morgan fingerprint density at radius 1 is 0.838 bits per heavy atom. The van der Waals surface area contributed by atoms with E-state index in [-0.39, 0.29) is 11.7 Å². The summed E-state index contributed by atoms with van der Waals surface area (Å²) in [5.74, 6) is 1.16. The van der Waals surface area contributed by atoms with E-state index in [0.29, 0.717) is 53.1 Å². The summed E-state index contributed by atoms with van der Waals surface area (Å²) in [6.07, 6.45) is 0. The number of ether oxygens (including phenoxy) is 2. The summed E-state index contributed by atoms with van der Waals surface area (Å²) < 4.78 is 12.4. The third-order valence-corrected chi connectivity index (χ3v) is 7.52. The van der Waals surface area contributed by atoms with Gasteiger partial charge < -0.3 is 14.4 Å². The number of carbonyl (C=O) groups excluding carboxylic acids is 2. The maximum absolute atomic E-state index is 13.8. The van der Waals surface area contributed by atoms with Crippen molar-refractivity contribution in [3.05, 3.63) is 83.4 Å². The molecule has 3 aromatic carbocycles. The Balaban J connectivity index is 1.44. The van der Waals surface area contributed by atoms with Crippen molar-refractivity contribution in [3.63, 3.8) is 0 Å². The van der Waals surface area contributed by atoms with Crippen LogP contribution < -0.4 is 14.4 Å². The largest absolute Gasteiger partial charge is 0.486 e. The molecule has 0 atom stereocenters. The van der Waals surface area contributed by atoms with E-state index >= 15 is 0 Å². The van der Waals surface area contributed by atoms with E-state index in [0.717, 1.165) is 29.9 Å². The number of nitrogens with zero attached hydrogens (tertiary/aromatic N) is 3. The second-order valence-corrected chi connectivity index (χ2v) is 9.73. The Morgan fingerprint density at radius 3 is 2.14 bits per heavy atom. The molecule has 8 heteroatoms. The van der Waals surface area contributed by atoms with Gasteiger partial charge in [-0.1, -0.05) is 67.6 Å². The van der Waals surface area contributed by atoms with Crippen molar-refractivity contribution in [2.24, 2.45) is 0 Å². The normalized spacial score (nSPS) is 12.6. The molecule has 2 heterocycles. The van der Waals surface area contributed by atoms with Gasteiger partial charge in [0.05, 0.1) is 10.2 Å². The van der Waals surface area contributed by atoms with E-state index in [9.17, 15) is 9.59 Å². The number of hydrogen-bond donors (Lipinski definition) is 0. The number of anilines is 1. The monoisotopic (exact) mass is 515 g/mol. The van der Waals surface area contributed by atoms with Gasteiger partial charge in [-0.25, -0.2) is 4.98 Å². The molecule has 0 unspecified atom stereocenters. The lowest BCUT2D eigenvalue weighted by molar-refractivity contribution is 0.0981. The lowest BCUT2D eigenvalue weighted by Gasteiger charge is -2.24. The minimum absolute atomic E-state index is 0.0717. The first-order valence-corrected chi connectivity index (χ1v) is 13.3. The number of hydrogen-bond acceptors (Lipinski definition) is 7. The Bertz CT molecular complexity index is 1360. The summed E-state index contributed by atoms with van der Waals surface area (Å²) in [7, 11) is 0. The predicted molar refractivity (Wildman–Crippen MR) is 146 cm³/mol. The minimum atomic E-state index is -0.151. The van der Waals surface area contributed by atoms with Crippen LogP contribution in [-0.2, 0) is 0 Å². The summed E-state index contributed by atoms with van der Waals surface area (Å²) in [6, 6.07) is 19.8. The molecular weight excluding hydrogens is 486 g/mol. The predicted octanol–water partition coefficient (Wildman–Crippen LogP) is 5.29. The van der Waals surface area contributed by atoms with Crippen LogP contribution in [0.5, 0.6) is 11.5 Å². The van der Waals surface area contributed by atoms with Gasteiger partial charge in [0, 0.05) is 41.9 Å². The summed E-state index contributed by atoms with van der Waals surface area (Å²) in [5.41, 5.74) is 2.44. The Kier molecular flexibility index (Phi) is 7.48. The first-order chi connectivity index (χ1) is 18.1. The SMILES string of the molecule is CCN(CC)CCN(C(=O)c1ccc(C(=O)c2ccccc2)cc1)c1nc2cc3c(cc2s1)OCCO3. The van der Waals surface area contributed by atoms with E-state index in [2.05, 4.69) is 18.7 Å². The van der Waals surface area contributed by atoms with Gasteiger partial charge in [0.1, 0.15) is 13.2 Å². The highest BCUT2D eigenvalue weighted by molar-refractivity contribution is 7.22. The van der Waals surface area contributed by atoms with Gasteiger partial charge in [-0.2, -0.15) is 0 Å². The van der Waals surface area contributed by atoms with Crippen LogP contribution in [-0.4, -0.2) is 61.0 Å². The second kappa shape index (κ2) is 11.1.